The van der Waals surface area contributed by atoms with Crippen LogP contribution in [0.25, 0.3) is 0 Å². The van der Waals surface area contributed by atoms with Crippen LogP contribution in [0.5, 0.6) is 0 Å². The van der Waals surface area contributed by atoms with Gasteiger partial charge in [-0.2, -0.15) is 5.10 Å². The van der Waals surface area contributed by atoms with Gasteiger partial charge < -0.3 is 5.73 Å². The van der Waals surface area contributed by atoms with Gasteiger partial charge in [0.2, 0.25) is 0 Å². The van der Waals surface area contributed by atoms with Crippen molar-refractivity contribution in [3.63, 3.8) is 0 Å². The largest absolute Gasteiger partial charge is 0.328 e. The normalized spacial score (nSPS) is 14.3. The first-order valence-corrected chi connectivity index (χ1v) is 5.59. The van der Waals surface area contributed by atoms with Gasteiger partial charge in [0, 0.05) is 24.7 Å². The molecule has 0 saturated heterocycles. The zero-order chi connectivity index (χ0) is 11.6. The molecule has 3 nitrogen and oxygen atoms in total. The standard InChI is InChI=1S/C12H23N3/c1-9(13)6-7-10-8-15(5)14-11(10)12(2,3)4/h8-9H,6-7,13H2,1-5H3/t9-/m0/s1. The van der Waals surface area contributed by atoms with Crippen molar-refractivity contribution in [3.05, 3.63) is 17.5 Å². The van der Waals surface area contributed by atoms with Gasteiger partial charge in [-0.3, -0.25) is 4.68 Å². The summed E-state index contributed by atoms with van der Waals surface area (Å²) in [5, 5.41) is 4.54. The minimum atomic E-state index is 0.119. The third-order valence-electron chi connectivity index (χ3n) is 2.48. The van der Waals surface area contributed by atoms with Crippen LogP contribution in [0.3, 0.4) is 0 Å². The Bertz CT molecular complexity index is 318. The van der Waals surface area contributed by atoms with E-state index in [-0.39, 0.29) is 11.5 Å². The molecular formula is C12H23N3. The molecule has 1 rings (SSSR count). The summed E-state index contributed by atoms with van der Waals surface area (Å²) in [6, 6.07) is 0.262. The summed E-state index contributed by atoms with van der Waals surface area (Å²) >= 11 is 0. The zero-order valence-electron chi connectivity index (χ0n) is 10.5. The van der Waals surface area contributed by atoms with Crippen molar-refractivity contribution in [1.29, 1.82) is 0 Å². The monoisotopic (exact) mass is 209 g/mol. The van der Waals surface area contributed by atoms with Crippen molar-refractivity contribution in [3.8, 4) is 0 Å². The number of hydrogen-bond donors (Lipinski definition) is 1. The fourth-order valence-electron chi connectivity index (χ4n) is 1.74. The van der Waals surface area contributed by atoms with Crippen molar-refractivity contribution in [2.45, 2.75) is 52.0 Å². The van der Waals surface area contributed by atoms with Crippen molar-refractivity contribution in [2.75, 3.05) is 0 Å². The Kier molecular flexibility index (Phi) is 3.55. The maximum atomic E-state index is 5.78. The smallest absolute Gasteiger partial charge is 0.0709 e. The van der Waals surface area contributed by atoms with Crippen molar-refractivity contribution in [2.24, 2.45) is 12.8 Å². The van der Waals surface area contributed by atoms with Gasteiger partial charge in [-0.25, -0.2) is 0 Å². The lowest BCUT2D eigenvalue weighted by molar-refractivity contribution is 0.544. The van der Waals surface area contributed by atoms with Crippen LogP contribution in [-0.2, 0) is 18.9 Å². The second kappa shape index (κ2) is 4.35. The van der Waals surface area contributed by atoms with Gasteiger partial charge in [-0.15, -0.1) is 0 Å². The highest BCUT2D eigenvalue weighted by atomic mass is 15.3. The van der Waals surface area contributed by atoms with E-state index in [1.807, 2.05) is 18.7 Å². The SMILES string of the molecule is C[C@H](N)CCc1cn(C)nc1C(C)(C)C. The van der Waals surface area contributed by atoms with Crippen LogP contribution in [0.15, 0.2) is 6.20 Å². The van der Waals surface area contributed by atoms with Crippen LogP contribution in [0.2, 0.25) is 0 Å². The van der Waals surface area contributed by atoms with Crippen LogP contribution in [0.4, 0.5) is 0 Å². The number of aryl methyl sites for hydroxylation is 2. The average molecular weight is 209 g/mol. The molecule has 0 saturated carbocycles. The Balaban J connectivity index is 2.87. The predicted octanol–water partition coefficient (Wildman–Crippen LogP) is 2.00. The third kappa shape index (κ3) is 3.34. The number of aromatic nitrogens is 2. The summed E-state index contributed by atoms with van der Waals surface area (Å²) in [6.07, 6.45) is 4.16. The second-order valence-electron chi connectivity index (χ2n) is 5.44. The molecule has 0 bridgehead atoms. The lowest BCUT2D eigenvalue weighted by Crippen LogP contribution is -2.18. The molecule has 0 unspecified atom stereocenters. The molecule has 3 heteroatoms. The maximum absolute atomic E-state index is 5.78. The summed E-state index contributed by atoms with van der Waals surface area (Å²) in [5.74, 6) is 0. The van der Waals surface area contributed by atoms with Gasteiger partial charge in [0.05, 0.1) is 5.69 Å². The number of nitrogens with zero attached hydrogens (tertiary/aromatic N) is 2. The zero-order valence-corrected chi connectivity index (χ0v) is 10.5. The Morgan fingerprint density at radius 2 is 2.07 bits per heavy atom. The quantitative estimate of drug-likeness (QED) is 0.827. The molecule has 0 radical (unpaired) electrons. The summed E-state index contributed by atoms with van der Waals surface area (Å²) in [6.45, 7) is 8.65. The van der Waals surface area contributed by atoms with E-state index in [0.717, 1.165) is 12.8 Å². The van der Waals surface area contributed by atoms with E-state index in [1.54, 1.807) is 0 Å². The van der Waals surface area contributed by atoms with Gasteiger partial charge >= 0.3 is 0 Å². The highest BCUT2D eigenvalue weighted by molar-refractivity contribution is 5.24. The Morgan fingerprint density at radius 3 is 2.53 bits per heavy atom. The summed E-state index contributed by atoms with van der Waals surface area (Å²) in [7, 11) is 1.98. The fraction of sp³-hybridized carbons (Fsp3) is 0.750. The fourth-order valence-corrected chi connectivity index (χ4v) is 1.74. The topological polar surface area (TPSA) is 43.8 Å². The van der Waals surface area contributed by atoms with Crippen LogP contribution < -0.4 is 5.73 Å². The summed E-state index contributed by atoms with van der Waals surface area (Å²) < 4.78 is 1.90. The van der Waals surface area contributed by atoms with Crippen LogP contribution >= 0.6 is 0 Å². The lowest BCUT2D eigenvalue weighted by atomic mass is 9.88. The molecule has 0 aliphatic rings. The molecular weight excluding hydrogens is 186 g/mol. The Labute approximate surface area is 92.7 Å². The lowest BCUT2D eigenvalue weighted by Gasteiger charge is -2.17. The predicted molar refractivity (Wildman–Crippen MR) is 63.9 cm³/mol. The maximum Gasteiger partial charge on any atom is 0.0709 e. The molecule has 15 heavy (non-hydrogen) atoms. The van der Waals surface area contributed by atoms with Crippen molar-refractivity contribution >= 4 is 0 Å². The molecule has 0 aliphatic carbocycles. The Morgan fingerprint density at radius 1 is 1.47 bits per heavy atom. The molecule has 1 aromatic heterocycles. The minimum Gasteiger partial charge on any atom is -0.328 e. The van der Waals surface area contributed by atoms with Gasteiger partial charge in [0.25, 0.3) is 0 Å². The van der Waals surface area contributed by atoms with Gasteiger partial charge in [-0.05, 0) is 25.3 Å². The first-order chi connectivity index (χ1) is 6.80. The summed E-state index contributed by atoms with van der Waals surface area (Å²) in [5.41, 5.74) is 8.43. The molecule has 1 atom stereocenters. The van der Waals surface area contributed by atoms with Crippen LogP contribution in [0.1, 0.15) is 45.4 Å². The molecule has 2 N–H and O–H groups in total. The van der Waals surface area contributed by atoms with Gasteiger partial charge in [-0.1, -0.05) is 20.8 Å². The van der Waals surface area contributed by atoms with E-state index < -0.39 is 0 Å². The molecule has 0 spiro atoms. The number of hydrogen-bond acceptors (Lipinski definition) is 2. The number of rotatable bonds is 3. The molecule has 1 aromatic rings. The minimum absolute atomic E-state index is 0.119. The second-order valence-corrected chi connectivity index (χ2v) is 5.44. The van der Waals surface area contributed by atoms with Gasteiger partial charge in [0.1, 0.15) is 0 Å². The first-order valence-electron chi connectivity index (χ1n) is 5.59. The molecule has 0 aromatic carbocycles. The van der Waals surface area contributed by atoms with E-state index in [4.69, 9.17) is 5.73 Å². The van der Waals surface area contributed by atoms with E-state index >= 15 is 0 Å². The van der Waals surface area contributed by atoms with E-state index in [2.05, 4.69) is 32.1 Å². The third-order valence-corrected chi connectivity index (χ3v) is 2.48. The van der Waals surface area contributed by atoms with Gasteiger partial charge in [0.15, 0.2) is 0 Å². The molecule has 0 fully saturated rings. The highest BCUT2D eigenvalue weighted by Crippen LogP contribution is 2.25. The van der Waals surface area contributed by atoms with Crippen LogP contribution in [0, 0.1) is 0 Å². The Hall–Kier alpha value is -0.830. The molecule has 86 valence electrons. The summed E-state index contributed by atoms with van der Waals surface area (Å²) in [4.78, 5) is 0. The molecule has 0 aliphatic heterocycles. The number of nitrogens with two attached hydrogens (primary N) is 1. The van der Waals surface area contributed by atoms with E-state index in [0.29, 0.717) is 0 Å². The van der Waals surface area contributed by atoms with E-state index in [9.17, 15) is 0 Å². The first kappa shape index (κ1) is 12.2. The highest BCUT2D eigenvalue weighted by Gasteiger charge is 2.21. The van der Waals surface area contributed by atoms with E-state index in [1.165, 1.54) is 11.3 Å². The van der Waals surface area contributed by atoms with Crippen molar-refractivity contribution < 1.29 is 0 Å². The van der Waals surface area contributed by atoms with Crippen LogP contribution in [-0.4, -0.2) is 15.8 Å². The average Bonchev–Trinajstić information content (AvgIpc) is 2.42. The van der Waals surface area contributed by atoms with Crippen molar-refractivity contribution in [1.82, 2.24) is 9.78 Å². The molecule has 1 heterocycles. The molecule has 0 amide bonds.